The van der Waals surface area contributed by atoms with Crippen molar-refractivity contribution in [3.8, 4) is 5.75 Å². The van der Waals surface area contributed by atoms with Crippen molar-refractivity contribution in [2.75, 3.05) is 26.2 Å². The fourth-order valence-electron chi connectivity index (χ4n) is 4.24. The van der Waals surface area contributed by atoms with E-state index in [0.29, 0.717) is 47.5 Å². The molecule has 2 aliphatic rings. The molecule has 0 unspecified atom stereocenters. The number of carbonyl (C=O) groups is 3. The van der Waals surface area contributed by atoms with Crippen LogP contribution in [0, 0.1) is 9.49 Å². The molecule has 1 aromatic heterocycles. The van der Waals surface area contributed by atoms with Crippen LogP contribution in [-0.4, -0.2) is 65.1 Å². The van der Waals surface area contributed by atoms with E-state index in [9.17, 15) is 19.5 Å². The van der Waals surface area contributed by atoms with Crippen molar-refractivity contribution in [3.05, 3.63) is 44.9 Å². The normalized spacial score (nSPS) is 17.1. The molecular weight excluding hydrogens is 565 g/mol. The molecule has 5 N–H and O–H groups in total. The molecule has 2 heterocycles. The topological polar surface area (TPSA) is 151 Å². The van der Waals surface area contributed by atoms with E-state index in [4.69, 9.17) is 10.3 Å². The van der Waals surface area contributed by atoms with Crippen molar-refractivity contribution in [2.24, 2.45) is 11.7 Å². The Labute approximate surface area is 217 Å². The second-order valence-corrected chi connectivity index (χ2v) is 10.3. The Bertz CT molecular complexity index is 1080. The molecule has 1 saturated heterocycles. The predicted molar refractivity (Wildman–Crippen MR) is 136 cm³/mol. The zero-order chi connectivity index (χ0) is 24.9. The van der Waals surface area contributed by atoms with Gasteiger partial charge < -0.3 is 30.9 Å². The lowest BCUT2D eigenvalue weighted by molar-refractivity contribution is -0.136. The number of halogens is 1. The number of hydrogen-bond acceptors (Lipinski definition) is 7. The quantitative estimate of drug-likeness (QED) is 0.321. The number of phenols is 1. The molecule has 2 aromatic rings. The summed E-state index contributed by atoms with van der Waals surface area (Å²) in [5.74, 6) is 0.260. The molecule has 0 spiro atoms. The molecule has 35 heavy (non-hydrogen) atoms. The first-order valence-electron chi connectivity index (χ1n) is 11.8. The summed E-state index contributed by atoms with van der Waals surface area (Å²) < 4.78 is 5.97. The lowest BCUT2D eigenvalue weighted by Gasteiger charge is -2.34. The number of hydrogen-bond donors (Lipinski definition) is 4. The summed E-state index contributed by atoms with van der Waals surface area (Å²) in [5, 5.41) is 19.4. The van der Waals surface area contributed by atoms with Crippen molar-refractivity contribution in [1.29, 1.82) is 0 Å². The van der Waals surface area contributed by atoms with Crippen LogP contribution < -0.4 is 16.4 Å². The van der Waals surface area contributed by atoms with Crippen molar-refractivity contribution in [1.82, 2.24) is 20.7 Å². The summed E-state index contributed by atoms with van der Waals surface area (Å²) in [6, 6.07) is 6.88. The molecule has 0 bridgehead atoms. The number of aromatic hydroxyl groups is 1. The van der Waals surface area contributed by atoms with Crippen molar-refractivity contribution >= 4 is 40.3 Å². The molecule has 1 atom stereocenters. The minimum atomic E-state index is -0.465. The summed E-state index contributed by atoms with van der Waals surface area (Å²) in [5.41, 5.74) is 6.59. The van der Waals surface area contributed by atoms with Crippen molar-refractivity contribution in [3.63, 3.8) is 0 Å². The number of nitrogens with one attached hydrogen (secondary N) is 2. The summed E-state index contributed by atoms with van der Waals surface area (Å²) in [4.78, 5) is 39.4. The summed E-state index contributed by atoms with van der Waals surface area (Å²) in [6.07, 6.45) is 3.83. The SMILES string of the molecule is NCC(=O)NC[C@@H](Cc1ccc(O)c(I)c1)C(=O)N1CCC(NC(=O)c2cc(C3CC3)on2)CC1. The largest absolute Gasteiger partial charge is 0.507 e. The van der Waals surface area contributed by atoms with Crippen LogP contribution in [-0.2, 0) is 16.0 Å². The number of rotatable bonds is 9. The van der Waals surface area contributed by atoms with E-state index in [1.165, 1.54) is 0 Å². The van der Waals surface area contributed by atoms with E-state index in [-0.39, 0.29) is 42.6 Å². The molecule has 2 fully saturated rings. The first-order valence-corrected chi connectivity index (χ1v) is 12.9. The van der Waals surface area contributed by atoms with Crippen LogP contribution in [0.1, 0.15) is 53.4 Å². The maximum Gasteiger partial charge on any atom is 0.273 e. The lowest BCUT2D eigenvalue weighted by Crippen LogP contribution is -2.50. The van der Waals surface area contributed by atoms with Gasteiger partial charge in [0.15, 0.2) is 5.69 Å². The predicted octanol–water partition coefficient (Wildman–Crippen LogP) is 1.52. The van der Waals surface area contributed by atoms with Crippen LogP contribution >= 0.6 is 22.6 Å². The number of nitrogens with zero attached hydrogens (tertiary/aromatic N) is 2. The fourth-order valence-corrected chi connectivity index (χ4v) is 4.82. The van der Waals surface area contributed by atoms with Crippen LogP contribution in [0.25, 0.3) is 0 Å². The van der Waals surface area contributed by atoms with Crippen molar-refractivity contribution in [2.45, 2.75) is 44.1 Å². The number of carbonyl (C=O) groups excluding carboxylic acids is 3. The number of likely N-dealkylation sites (tertiary alicyclic amines) is 1. The Morgan fingerprint density at radius 3 is 2.60 bits per heavy atom. The van der Waals surface area contributed by atoms with Gasteiger partial charge in [-0.3, -0.25) is 14.4 Å². The van der Waals surface area contributed by atoms with E-state index in [2.05, 4.69) is 15.8 Å². The Kier molecular flexibility index (Phi) is 8.26. The third-order valence-electron chi connectivity index (χ3n) is 6.46. The third kappa shape index (κ3) is 6.72. The number of nitrogens with two attached hydrogens (primary N) is 1. The molecule has 0 radical (unpaired) electrons. The van der Waals surface area contributed by atoms with Gasteiger partial charge >= 0.3 is 0 Å². The highest BCUT2D eigenvalue weighted by molar-refractivity contribution is 14.1. The highest BCUT2D eigenvalue weighted by atomic mass is 127. The van der Waals surface area contributed by atoms with Gasteiger partial charge in [-0.25, -0.2) is 0 Å². The Morgan fingerprint density at radius 2 is 1.94 bits per heavy atom. The fraction of sp³-hybridized carbons (Fsp3) is 0.500. The summed E-state index contributed by atoms with van der Waals surface area (Å²) >= 11 is 2.04. The van der Waals surface area contributed by atoms with Gasteiger partial charge in [0.05, 0.1) is 16.0 Å². The number of phenolic OH excluding ortho intramolecular Hbond substituents is 1. The smallest absolute Gasteiger partial charge is 0.273 e. The van der Waals surface area contributed by atoms with Gasteiger partial charge in [0, 0.05) is 37.7 Å². The van der Waals surface area contributed by atoms with Crippen LogP contribution in [0.3, 0.4) is 0 Å². The average Bonchev–Trinajstić information content (AvgIpc) is 3.59. The second-order valence-electron chi connectivity index (χ2n) is 9.16. The van der Waals surface area contributed by atoms with Gasteiger partial charge in [0.2, 0.25) is 11.8 Å². The van der Waals surface area contributed by atoms with Gasteiger partial charge in [-0.15, -0.1) is 0 Å². The minimum absolute atomic E-state index is 0.0540. The van der Waals surface area contributed by atoms with Crippen molar-refractivity contribution < 1.29 is 24.0 Å². The summed E-state index contributed by atoms with van der Waals surface area (Å²) in [6.45, 7) is 1.05. The molecule has 11 heteroatoms. The molecule has 1 aliphatic carbocycles. The first kappa shape index (κ1) is 25.4. The van der Waals surface area contributed by atoms with Gasteiger partial charge in [0.25, 0.3) is 5.91 Å². The van der Waals surface area contributed by atoms with Crippen LogP contribution in [0.2, 0.25) is 0 Å². The average molecular weight is 595 g/mol. The van der Waals surface area contributed by atoms with Gasteiger partial charge in [-0.05, 0) is 72.4 Å². The van der Waals surface area contributed by atoms with Gasteiger partial charge in [-0.2, -0.15) is 0 Å². The molecule has 1 aromatic carbocycles. The molecule has 188 valence electrons. The monoisotopic (exact) mass is 595 g/mol. The van der Waals surface area contributed by atoms with E-state index in [1.54, 1.807) is 23.1 Å². The Balaban J connectivity index is 1.33. The molecule has 1 aliphatic heterocycles. The van der Waals surface area contributed by atoms with E-state index in [0.717, 1.165) is 24.2 Å². The number of amides is 3. The summed E-state index contributed by atoms with van der Waals surface area (Å²) in [7, 11) is 0. The molecule has 10 nitrogen and oxygen atoms in total. The van der Waals surface area contributed by atoms with E-state index >= 15 is 0 Å². The number of benzene rings is 1. The molecule has 3 amide bonds. The third-order valence-corrected chi connectivity index (χ3v) is 7.32. The standard InChI is InChI=1S/C24H30IN5O5/c25-18-10-14(1-4-20(18)31)9-16(13-27-22(32)12-26)24(34)30-7-5-17(6-8-30)28-23(33)19-11-21(35-29-19)15-2-3-15/h1,4,10-11,15-17,31H,2-3,5-9,12-13,26H2,(H,27,32)(H,28,33)/t16-/m1/s1. The zero-order valence-electron chi connectivity index (χ0n) is 19.3. The highest BCUT2D eigenvalue weighted by Crippen LogP contribution is 2.40. The van der Waals surface area contributed by atoms with E-state index in [1.807, 2.05) is 28.7 Å². The van der Waals surface area contributed by atoms with Crippen LogP contribution in [0.15, 0.2) is 28.8 Å². The van der Waals surface area contributed by atoms with Gasteiger partial charge in [-0.1, -0.05) is 11.2 Å². The zero-order valence-corrected chi connectivity index (χ0v) is 21.5. The van der Waals surface area contributed by atoms with E-state index < -0.39 is 5.92 Å². The number of aromatic nitrogens is 1. The maximum atomic E-state index is 13.4. The molecular formula is C24H30IN5O5. The lowest BCUT2D eigenvalue weighted by atomic mass is 9.95. The van der Waals surface area contributed by atoms with Crippen LogP contribution in [0.4, 0.5) is 0 Å². The Morgan fingerprint density at radius 1 is 1.20 bits per heavy atom. The highest BCUT2D eigenvalue weighted by Gasteiger charge is 2.31. The second kappa shape index (κ2) is 11.4. The minimum Gasteiger partial charge on any atom is -0.507 e. The number of piperidine rings is 1. The Hall–Kier alpha value is -2.67. The van der Waals surface area contributed by atoms with Crippen LogP contribution in [0.5, 0.6) is 5.75 Å². The molecule has 4 rings (SSSR count). The van der Waals surface area contributed by atoms with Gasteiger partial charge in [0.1, 0.15) is 11.5 Å². The first-order chi connectivity index (χ1) is 16.8. The molecule has 1 saturated carbocycles. The maximum absolute atomic E-state index is 13.4.